The monoisotopic (exact) mass is 535 g/mol. The van der Waals surface area contributed by atoms with Gasteiger partial charge in [0.1, 0.15) is 11.9 Å². The standard InChI is InChI=1S/C29H34FN5O4/c1-19-15-35(20(2)18-36)28(37)24-5-4-6-25(33-29(38)32-23-9-7-22(30)8-10-23)27(24)39-26(19)17-34(3)16-21-11-13-31-14-12-21/h4-14,19-20,26,36H,15-18H2,1-3H3,(H2,32,33,38)/t19-,20-,26+/m0/s1. The zero-order chi connectivity index (χ0) is 27.9. The number of ether oxygens (including phenoxy) is 1. The van der Waals surface area contributed by atoms with Gasteiger partial charge in [-0.2, -0.15) is 0 Å². The third kappa shape index (κ3) is 7.10. The van der Waals surface area contributed by atoms with Gasteiger partial charge >= 0.3 is 6.03 Å². The van der Waals surface area contributed by atoms with Crippen LogP contribution in [-0.4, -0.2) is 70.7 Å². The summed E-state index contributed by atoms with van der Waals surface area (Å²) in [5, 5.41) is 15.3. The van der Waals surface area contributed by atoms with E-state index < -0.39 is 17.9 Å². The number of benzene rings is 2. The Balaban J connectivity index is 1.62. The molecule has 0 bridgehead atoms. The molecule has 1 aromatic heterocycles. The van der Waals surface area contributed by atoms with E-state index in [2.05, 4.69) is 20.5 Å². The van der Waals surface area contributed by atoms with Crippen LogP contribution < -0.4 is 15.4 Å². The van der Waals surface area contributed by atoms with E-state index in [1.165, 1.54) is 24.3 Å². The van der Waals surface area contributed by atoms with Crippen molar-refractivity contribution in [1.29, 1.82) is 0 Å². The summed E-state index contributed by atoms with van der Waals surface area (Å²) in [6.07, 6.45) is 3.17. The number of amides is 3. The summed E-state index contributed by atoms with van der Waals surface area (Å²) < 4.78 is 19.8. The summed E-state index contributed by atoms with van der Waals surface area (Å²) in [6, 6.07) is 13.4. The summed E-state index contributed by atoms with van der Waals surface area (Å²) in [6.45, 7) is 5.26. The number of anilines is 2. The average Bonchev–Trinajstić information content (AvgIpc) is 2.92. The van der Waals surface area contributed by atoms with Gasteiger partial charge in [-0.25, -0.2) is 9.18 Å². The summed E-state index contributed by atoms with van der Waals surface area (Å²) in [5.74, 6) is -0.518. The number of hydrogen-bond donors (Lipinski definition) is 3. The number of nitrogens with one attached hydrogen (secondary N) is 2. The minimum atomic E-state index is -0.562. The van der Waals surface area contributed by atoms with Crippen LogP contribution in [0.5, 0.6) is 5.75 Å². The van der Waals surface area contributed by atoms with Gasteiger partial charge in [-0.05, 0) is 68.1 Å². The highest BCUT2D eigenvalue weighted by Gasteiger charge is 2.34. The van der Waals surface area contributed by atoms with Gasteiger partial charge in [0.25, 0.3) is 5.91 Å². The summed E-state index contributed by atoms with van der Waals surface area (Å²) in [7, 11) is 2.00. The Labute approximate surface area is 227 Å². The lowest BCUT2D eigenvalue weighted by Crippen LogP contribution is -2.49. The maximum absolute atomic E-state index is 13.6. The number of likely N-dealkylation sites (N-methyl/N-ethyl adjacent to an activating group) is 1. The molecule has 3 atom stereocenters. The third-order valence-corrected chi connectivity index (χ3v) is 6.73. The van der Waals surface area contributed by atoms with Gasteiger partial charge in [0.15, 0.2) is 5.75 Å². The van der Waals surface area contributed by atoms with Gasteiger partial charge in [0.2, 0.25) is 0 Å². The number of aromatic nitrogens is 1. The van der Waals surface area contributed by atoms with Crippen molar-refractivity contribution in [3.63, 3.8) is 0 Å². The maximum atomic E-state index is 13.6. The van der Waals surface area contributed by atoms with Crippen molar-refractivity contribution in [2.75, 3.05) is 37.4 Å². The first kappa shape index (κ1) is 28.0. The SMILES string of the molecule is C[C@H]1CN([C@@H](C)CO)C(=O)c2cccc(NC(=O)Nc3ccc(F)cc3)c2O[C@@H]1CN(C)Cc1ccncc1. The van der Waals surface area contributed by atoms with Crippen LogP contribution in [0.15, 0.2) is 67.0 Å². The fourth-order valence-corrected chi connectivity index (χ4v) is 4.55. The molecule has 0 saturated carbocycles. The normalized spacial score (nSPS) is 18.0. The van der Waals surface area contributed by atoms with Crippen LogP contribution >= 0.6 is 0 Å². The van der Waals surface area contributed by atoms with E-state index in [1.54, 1.807) is 42.4 Å². The lowest BCUT2D eigenvalue weighted by Gasteiger charge is -2.38. The fourth-order valence-electron chi connectivity index (χ4n) is 4.55. The van der Waals surface area contributed by atoms with E-state index in [0.717, 1.165) is 5.56 Å². The molecule has 0 radical (unpaired) electrons. The van der Waals surface area contributed by atoms with Gasteiger partial charge in [0.05, 0.1) is 23.9 Å². The van der Waals surface area contributed by atoms with Crippen molar-refractivity contribution in [3.05, 3.63) is 83.9 Å². The first-order chi connectivity index (χ1) is 18.7. The Morgan fingerprint density at radius 1 is 1.18 bits per heavy atom. The topological polar surface area (TPSA) is 107 Å². The van der Waals surface area contributed by atoms with E-state index >= 15 is 0 Å². The lowest BCUT2D eigenvalue weighted by atomic mass is 9.99. The van der Waals surface area contributed by atoms with Crippen molar-refractivity contribution in [2.45, 2.75) is 32.5 Å². The maximum Gasteiger partial charge on any atom is 0.323 e. The molecule has 2 heterocycles. The Bertz CT molecular complexity index is 1270. The van der Waals surface area contributed by atoms with Crippen molar-refractivity contribution in [3.8, 4) is 5.75 Å². The number of urea groups is 1. The first-order valence-electron chi connectivity index (χ1n) is 12.9. The van der Waals surface area contributed by atoms with Gasteiger partial charge in [0, 0.05) is 43.6 Å². The van der Waals surface area contributed by atoms with E-state index in [0.29, 0.717) is 36.6 Å². The molecule has 4 rings (SSSR count). The minimum absolute atomic E-state index is 0.0860. The molecule has 0 unspecified atom stereocenters. The summed E-state index contributed by atoms with van der Waals surface area (Å²) >= 11 is 0. The molecule has 3 amide bonds. The minimum Gasteiger partial charge on any atom is -0.486 e. The number of aliphatic hydroxyl groups is 1. The quantitative estimate of drug-likeness (QED) is 0.399. The predicted molar refractivity (Wildman–Crippen MR) is 147 cm³/mol. The number of para-hydroxylation sites is 1. The lowest BCUT2D eigenvalue weighted by molar-refractivity contribution is 0.0343. The Morgan fingerprint density at radius 3 is 2.59 bits per heavy atom. The van der Waals surface area contributed by atoms with Crippen molar-refractivity contribution in [1.82, 2.24) is 14.8 Å². The van der Waals surface area contributed by atoms with Gasteiger partial charge in [-0.3, -0.25) is 14.7 Å². The van der Waals surface area contributed by atoms with Crippen molar-refractivity contribution >= 4 is 23.3 Å². The number of fused-ring (bicyclic) bond motifs is 1. The van der Waals surface area contributed by atoms with E-state index in [4.69, 9.17) is 4.74 Å². The first-order valence-corrected chi connectivity index (χ1v) is 12.9. The molecular weight excluding hydrogens is 501 g/mol. The van der Waals surface area contributed by atoms with E-state index in [9.17, 15) is 19.1 Å². The molecular formula is C29H34FN5O4. The smallest absolute Gasteiger partial charge is 0.323 e. The molecule has 2 aromatic carbocycles. The van der Waals surface area contributed by atoms with Crippen LogP contribution in [0.3, 0.4) is 0 Å². The van der Waals surface area contributed by atoms with Crippen molar-refractivity contribution < 1.29 is 23.8 Å². The molecule has 206 valence electrons. The van der Waals surface area contributed by atoms with E-state index in [1.807, 2.05) is 26.1 Å². The van der Waals surface area contributed by atoms with Gasteiger partial charge in [-0.15, -0.1) is 0 Å². The van der Waals surface area contributed by atoms with E-state index in [-0.39, 0.29) is 30.3 Å². The third-order valence-electron chi connectivity index (χ3n) is 6.73. The highest BCUT2D eigenvalue weighted by Crippen LogP contribution is 2.35. The number of carbonyl (C=O) groups excluding carboxylic acids is 2. The van der Waals surface area contributed by atoms with Gasteiger partial charge in [-0.1, -0.05) is 13.0 Å². The number of rotatable bonds is 8. The molecule has 9 nitrogen and oxygen atoms in total. The summed E-state index contributed by atoms with van der Waals surface area (Å²) in [4.78, 5) is 34.3. The van der Waals surface area contributed by atoms with Crippen LogP contribution in [-0.2, 0) is 6.54 Å². The number of aliphatic hydroxyl groups excluding tert-OH is 1. The molecule has 0 aliphatic carbocycles. The number of pyridine rings is 1. The van der Waals surface area contributed by atoms with Crippen LogP contribution in [0.25, 0.3) is 0 Å². The van der Waals surface area contributed by atoms with Gasteiger partial charge < -0.3 is 25.4 Å². The highest BCUT2D eigenvalue weighted by molar-refractivity contribution is 6.04. The molecule has 0 saturated heterocycles. The number of halogens is 1. The Hall–Kier alpha value is -4.02. The molecule has 10 heteroatoms. The molecule has 3 aromatic rings. The second kappa shape index (κ2) is 12.7. The molecule has 0 fully saturated rings. The number of nitrogens with zero attached hydrogens (tertiary/aromatic N) is 3. The van der Waals surface area contributed by atoms with Crippen LogP contribution in [0.4, 0.5) is 20.6 Å². The van der Waals surface area contributed by atoms with Crippen LogP contribution in [0.1, 0.15) is 29.8 Å². The molecule has 3 N–H and O–H groups in total. The molecule has 1 aliphatic rings. The number of hydrogen-bond acceptors (Lipinski definition) is 6. The zero-order valence-corrected chi connectivity index (χ0v) is 22.3. The Kier molecular flexibility index (Phi) is 9.11. The molecule has 0 spiro atoms. The number of carbonyl (C=O) groups is 2. The molecule has 1 aliphatic heterocycles. The van der Waals surface area contributed by atoms with Crippen LogP contribution in [0, 0.1) is 11.7 Å². The highest BCUT2D eigenvalue weighted by atomic mass is 19.1. The van der Waals surface area contributed by atoms with Crippen molar-refractivity contribution in [2.24, 2.45) is 5.92 Å². The second-order valence-corrected chi connectivity index (χ2v) is 9.94. The largest absolute Gasteiger partial charge is 0.486 e. The molecule has 39 heavy (non-hydrogen) atoms. The second-order valence-electron chi connectivity index (χ2n) is 9.94. The average molecular weight is 536 g/mol. The predicted octanol–water partition coefficient (Wildman–Crippen LogP) is 4.22. The van der Waals surface area contributed by atoms with Crippen LogP contribution in [0.2, 0.25) is 0 Å². The summed E-state index contributed by atoms with van der Waals surface area (Å²) in [5.41, 5.74) is 2.14. The zero-order valence-electron chi connectivity index (χ0n) is 22.3. The fraction of sp³-hybridized carbons (Fsp3) is 0.345. The Morgan fingerprint density at radius 2 is 1.90 bits per heavy atom.